The number of rotatable bonds is 6. The van der Waals surface area contributed by atoms with Crippen molar-refractivity contribution in [2.75, 3.05) is 20.2 Å². The van der Waals surface area contributed by atoms with Crippen molar-refractivity contribution in [1.82, 2.24) is 5.32 Å². The second-order valence-electron chi connectivity index (χ2n) is 4.96. The Balaban J connectivity index is 2.17. The van der Waals surface area contributed by atoms with Gasteiger partial charge >= 0.3 is 0 Å². The van der Waals surface area contributed by atoms with Crippen molar-refractivity contribution < 1.29 is 4.74 Å². The average Bonchev–Trinajstić information content (AvgIpc) is 2.28. The first-order valence-corrected chi connectivity index (χ1v) is 6.25. The molecule has 0 aromatic carbocycles. The van der Waals surface area contributed by atoms with Crippen molar-refractivity contribution in [2.45, 2.75) is 32.6 Å². The van der Waals surface area contributed by atoms with Crippen molar-refractivity contribution in [1.29, 1.82) is 0 Å². The summed E-state index contributed by atoms with van der Waals surface area (Å²) >= 11 is 0. The molecule has 2 heteroatoms. The number of nitrogens with one attached hydrogen (secondary N) is 1. The van der Waals surface area contributed by atoms with Gasteiger partial charge in [0.2, 0.25) is 0 Å². The van der Waals surface area contributed by atoms with Crippen molar-refractivity contribution in [3.05, 3.63) is 24.5 Å². The molecule has 1 aliphatic carbocycles. The lowest BCUT2D eigenvalue weighted by Gasteiger charge is -2.28. The monoisotopic (exact) mass is 223 g/mol. The SMILES string of the molecule is C=C(C)C(=C)OCC1CCC(CNC)CC1. The van der Waals surface area contributed by atoms with E-state index < -0.39 is 0 Å². The standard InChI is InChI=1S/C14H25NO/c1-11(2)12(3)16-10-14-7-5-13(6-8-14)9-15-4/h13-15H,1,3,5-10H2,2,4H3. The molecule has 1 N–H and O–H groups in total. The zero-order chi connectivity index (χ0) is 12.0. The maximum atomic E-state index is 5.63. The van der Waals surface area contributed by atoms with Crippen LogP contribution in [0.25, 0.3) is 0 Å². The normalized spacial score (nSPS) is 25.1. The number of allylic oxidation sites excluding steroid dienone is 1. The fraction of sp³-hybridized carbons (Fsp3) is 0.714. The Labute approximate surface area is 99.8 Å². The maximum absolute atomic E-state index is 5.63. The number of ether oxygens (including phenoxy) is 1. The quantitative estimate of drug-likeness (QED) is 0.552. The fourth-order valence-corrected chi connectivity index (χ4v) is 2.23. The van der Waals surface area contributed by atoms with Gasteiger partial charge in [0.1, 0.15) is 5.76 Å². The van der Waals surface area contributed by atoms with E-state index in [2.05, 4.69) is 18.5 Å². The smallest absolute Gasteiger partial charge is 0.114 e. The van der Waals surface area contributed by atoms with Crippen LogP contribution in [0, 0.1) is 11.8 Å². The van der Waals surface area contributed by atoms with E-state index in [-0.39, 0.29) is 0 Å². The second kappa shape index (κ2) is 6.74. The van der Waals surface area contributed by atoms with Crippen LogP contribution in [0.4, 0.5) is 0 Å². The Morgan fingerprint density at radius 2 is 1.75 bits per heavy atom. The molecular weight excluding hydrogens is 198 g/mol. The Morgan fingerprint density at radius 1 is 1.19 bits per heavy atom. The zero-order valence-electron chi connectivity index (χ0n) is 10.7. The highest BCUT2D eigenvalue weighted by atomic mass is 16.5. The van der Waals surface area contributed by atoms with Crippen molar-refractivity contribution in [2.24, 2.45) is 11.8 Å². The Kier molecular flexibility index (Phi) is 5.61. The Hall–Kier alpha value is -0.760. The van der Waals surface area contributed by atoms with Crippen LogP contribution >= 0.6 is 0 Å². The molecule has 0 amide bonds. The van der Waals surface area contributed by atoms with E-state index >= 15 is 0 Å². The minimum Gasteiger partial charge on any atom is -0.494 e. The molecular formula is C14H25NO. The van der Waals surface area contributed by atoms with Gasteiger partial charge in [-0.05, 0) is 63.6 Å². The summed E-state index contributed by atoms with van der Waals surface area (Å²) in [5.74, 6) is 2.33. The van der Waals surface area contributed by atoms with Crippen molar-refractivity contribution >= 4 is 0 Å². The minimum atomic E-state index is 0.712. The van der Waals surface area contributed by atoms with Gasteiger partial charge < -0.3 is 10.1 Å². The van der Waals surface area contributed by atoms with Crippen molar-refractivity contribution in [3.8, 4) is 0 Å². The van der Waals surface area contributed by atoms with Gasteiger partial charge in [0.15, 0.2) is 0 Å². The molecule has 16 heavy (non-hydrogen) atoms. The minimum absolute atomic E-state index is 0.712. The largest absolute Gasteiger partial charge is 0.494 e. The summed E-state index contributed by atoms with van der Waals surface area (Å²) in [5, 5.41) is 3.26. The lowest BCUT2D eigenvalue weighted by atomic mass is 9.82. The van der Waals surface area contributed by atoms with Crippen LogP contribution < -0.4 is 5.32 Å². The van der Waals surface area contributed by atoms with Crippen LogP contribution in [0.5, 0.6) is 0 Å². The van der Waals surface area contributed by atoms with Gasteiger partial charge in [-0.1, -0.05) is 13.2 Å². The summed E-state index contributed by atoms with van der Waals surface area (Å²) in [4.78, 5) is 0. The fourth-order valence-electron chi connectivity index (χ4n) is 2.23. The summed E-state index contributed by atoms with van der Waals surface area (Å²) in [6.45, 7) is 11.6. The van der Waals surface area contributed by atoms with E-state index in [1.165, 1.54) is 25.7 Å². The molecule has 0 spiro atoms. The topological polar surface area (TPSA) is 21.3 Å². The van der Waals surface area contributed by atoms with Crippen LogP contribution in [-0.4, -0.2) is 20.2 Å². The van der Waals surface area contributed by atoms with Gasteiger partial charge in [-0.25, -0.2) is 0 Å². The molecule has 0 aliphatic heterocycles. The summed E-state index contributed by atoms with van der Waals surface area (Å²) in [5.41, 5.74) is 0.934. The average molecular weight is 223 g/mol. The van der Waals surface area contributed by atoms with Gasteiger partial charge in [0.05, 0.1) is 6.61 Å². The molecule has 0 aromatic heterocycles. The molecule has 0 bridgehead atoms. The first kappa shape index (κ1) is 13.3. The highest BCUT2D eigenvalue weighted by Gasteiger charge is 2.21. The lowest BCUT2D eigenvalue weighted by Crippen LogP contribution is -2.25. The van der Waals surface area contributed by atoms with E-state index in [9.17, 15) is 0 Å². The summed E-state index contributed by atoms with van der Waals surface area (Å²) in [6, 6.07) is 0. The molecule has 92 valence electrons. The summed E-state index contributed by atoms with van der Waals surface area (Å²) in [6.07, 6.45) is 5.23. The summed E-state index contributed by atoms with van der Waals surface area (Å²) < 4.78 is 5.63. The molecule has 0 radical (unpaired) electrons. The van der Waals surface area contributed by atoms with E-state index in [0.717, 1.165) is 30.4 Å². The third-order valence-corrected chi connectivity index (χ3v) is 3.43. The second-order valence-corrected chi connectivity index (χ2v) is 4.96. The molecule has 0 atom stereocenters. The molecule has 1 fully saturated rings. The van der Waals surface area contributed by atoms with Gasteiger partial charge in [-0.2, -0.15) is 0 Å². The maximum Gasteiger partial charge on any atom is 0.114 e. The predicted octanol–water partition coefficient (Wildman–Crippen LogP) is 3.12. The van der Waals surface area contributed by atoms with Gasteiger partial charge in [-0.3, -0.25) is 0 Å². The zero-order valence-corrected chi connectivity index (χ0v) is 10.7. The highest BCUT2D eigenvalue weighted by Crippen LogP contribution is 2.29. The summed E-state index contributed by atoms with van der Waals surface area (Å²) in [7, 11) is 2.03. The molecule has 0 aromatic rings. The number of hydrogen-bond donors (Lipinski definition) is 1. The van der Waals surface area contributed by atoms with Crippen LogP contribution in [-0.2, 0) is 4.74 Å². The molecule has 0 unspecified atom stereocenters. The van der Waals surface area contributed by atoms with E-state index in [4.69, 9.17) is 4.74 Å². The van der Waals surface area contributed by atoms with E-state index in [1.807, 2.05) is 14.0 Å². The van der Waals surface area contributed by atoms with E-state index in [1.54, 1.807) is 0 Å². The van der Waals surface area contributed by atoms with Gasteiger partial charge in [0, 0.05) is 0 Å². The lowest BCUT2D eigenvalue weighted by molar-refractivity contribution is 0.133. The van der Waals surface area contributed by atoms with Gasteiger partial charge in [0.25, 0.3) is 0 Å². The highest BCUT2D eigenvalue weighted by molar-refractivity contribution is 5.15. The van der Waals surface area contributed by atoms with E-state index in [0.29, 0.717) is 5.92 Å². The molecule has 1 aliphatic rings. The van der Waals surface area contributed by atoms with Gasteiger partial charge in [-0.15, -0.1) is 0 Å². The molecule has 1 saturated carbocycles. The first-order chi connectivity index (χ1) is 7.63. The van der Waals surface area contributed by atoms with Crippen LogP contribution in [0.1, 0.15) is 32.6 Å². The molecule has 0 saturated heterocycles. The third kappa shape index (κ3) is 4.40. The van der Waals surface area contributed by atoms with Crippen LogP contribution in [0.3, 0.4) is 0 Å². The molecule has 0 heterocycles. The first-order valence-electron chi connectivity index (χ1n) is 6.25. The van der Waals surface area contributed by atoms with Crippen LogP contribution in [0.15, 0.2) is 24.5 Å². The van der Waals surface area contributed by atoms with Crippen LogP contribution in [0.2, 0.25) is 0 Å². The Bertz CT molecular complexity index is 239. The predicted molar refractivity (Wildman–Crippen MR) is 69.3 cm³/mol. The Morgan fingerprint density at radius 3 is 2.25 bits per heavy atom. The third-order valence-electron chi connectivity index (χ3n) is 3.43. The number of hydrogen-bond acceptors (Lipinski definition) is 2. The molecule has 1 rings (SSSR count). The molecule has 2 nitrogen and oxygen atoms in total. The van der Waals surface area contributed by atoms with Crippen molar-refractivity contribution in [3.63, 3.8) is 0 Å².